The molecule has 1 atom stereocenters. The fourth-order valence-corrected chi connectivity index (χ4v) is 4.77. The van der Waals surface area contributed by atoms with Crippen molar-refractivity contribution in [2.24, 2.45) is 0 Å². The molecular weight excluding hydrogens is 507 g/mol. The summed E-state index contributed by atoms with van der Waals surface area (Å²) in [5, 5.41) is 6.66. The van der Waals surface area contributed by atoms with Crippen LogP contribution in [-0.4, -0.2) is 29.5 Å². The summed E-state index contributed by atoms with van der Waals surface area (Å²) in [6.45, 7) is 0.453. The molecule has 3 amide bonds. The number of carbonyl (C=O) groups excluding carboxylic acids is 2. The van der Waals surface area contributed by atoms with Crippen LogP contribution in [-0.2, 0) is 6.54 Å². The normalized spacial score (nSPS) is 14.8. The van der Waals surface area contributed by atoms with Crippen LogP contribution >= 0.6 is 23.2 Å². The van der Waals surface area contributed by atoms with Gasteiger partial charge in [-0.2, -0.15) is 0 Å². The molecule has 1 unspecified atom stereocenters. The van der Waals surface area contributed by atoms with Gasteiger partial charge in [-0.1, -0.05) is 77.8 Å². The Morgan fingerprint density at radius 1 is 0.811 bits per heavy atom. The minimum absolute atomic E-state index is 0.135. The molecule has 4 aromatic carbocycles. The minimum Gasteiger partial charge on any atom is -0.334 e. The van der Waals surface area contributed by atoms with Gasteiger partial charge in [-0.3, -0.25) is 4.79 Å². The van der Waals surface area contributed by atoms with Crippen molar-refractivity contribution < 1.29 is 9.59 Å². The first-order valence-corrected chi connectivity index (χ1v) is 12.5. The fraction of sp³-hybridized carbons (Fsp3) is 0.103. The third-order valence-electron chi connectivity index (χ3n) is 6.16. The van der Waals surface area contributed by atoms with E-state index in [0.29, 0.717) is 21.3 Å². The van der Waals surface area contributed by atoms with Crippen LogP contribution in [0, 0.1) is 0 Å². The topological polar surface area (TPSA) is 64.7 Å². The van der Waals surface area contributed by atoms with Gasteiger partial charge in [-0.05, 0) is 54.1 Å². The van der Waals surface area contributed by atoms with Crippen molar-refractivity contribution in [1.82, 2.24) is 10.2 Å². The second kappa shape index (κ2) is 10.9. The van der Waals surface area contributed by atoms with Gasteiger partial charge in [0, 0.05) is 17.9 Å². The Balaban J connectivity index is 1.51. The molecule has 37 heavy (non-hydrogen) atoms. The van der Waals surface area contributed by atoms with Gasteiger partial charge >= 0.3 is 6.03 Å². The quantitative estimate of drug-likeness (QED) is 0.284. The van der Waals surface area contributed by atoms with E-state index < -0.39 is 6.17 Å². The van der Waals surface area contributed by atoms with Gasteiger partial charge in [0.1, 0.15) is 6.17 Å². The Hall–Kier alpha value is -4.00. The summed E-state index contributed by atoms with van der Waals surface area (Å²) in [6.07, 6.45) is -0.513. The van der Waals surface area contributed by atoms with Crippen molar-refractivity contribution in [2.75, 3.05) is 16.8 Å². The Labute approximate surface area is 225 Å². The summed E-state index contributed by atoms with van der Waals surface area (Å²) >= 11 is 12.4. The summed E-state index contributed by atoms with van der Waals surface area (Å²) in [6, 6.07) is 31.5. The standard InChI is InChI=1S/C29H24Cl2N4O2/c30-24-16-15-20(17-25(24)31)19-34-27(18-32-29(37)33-21-9-3-1-4-10-21)35(22-11-5-2-6-12-22)26-14-8-7-13-23(26)28(34)36/h1-17,27H,18-19H2,(H2,32,33,37). The molecular formula is C29H24Cl2N4O2. The summed E-state index contributed by atoms with van der Waals surface area (Å²) in [5.41, 5.74) is 3.76. The molecule has 4 aromatic rings. The predicted octanol–water partition coefficient (Wildman–Crippen LogP) is 6.94. The summed E-state index contributed by atoms with van der Waals surface area (Å²) in [5.74, 6) is -0.135. The second-order valence-electron chi connectivity index (χ2n) is 8.59. The molecule has 0 aliphatic carbocycles. The van der Waals surface area contributed by atoms with E-state index in [-0.39, 0.29) is 25.0 Å². The Morgan fingerprint density at radius 3 is 2.22 bits per heavy atom. The van der Waals surface area contributed by atoms with E-state index in [2.05, 4.69) is 15.5 Å². The molecule has 186 valence electrons. The second-order valence-corrected chi connectivity index (χ2v) is 9.40. The SMILES string of the molecule is O=C(NCC1N(Cc2ccc(Cl)c(Cl)c2)C(=O)c2ccccc2N1c1ccccc1)Nc1ccccc1. The van der Waals surface area contributed by atoms with Crippen molar-refractivity contribution >= 4 is 52.2 Å². The number of rotatable bonds is 6. The lowest BCUT2D eigenvalue weighted by Gasteiger charge is -2.45. The van der Waals surface area contributed by atoms with E-state index >= 15 is 0 Å². The zero-order valence-corrected chi connectivity index (χ0v) is 21.3. The summed E-state index contributed by atoms with van der Waals surface area (Å²) in [7, 11) is 0. The van der Waals surface area contributed by atoms with Gasteiger partial charge in [0.2, 0.25) is 0 Å². The number of hydrogen-bond donors (Lipinski definition) is 2. The summed E-state index contributed by atoms with van der Waals surface area (Å²) in [4.78, 5) is 30.4. The minimum atomic E-state index is -0.513. The smallest absolute Gasteiger partial charge is 0.319 e. The maximum Gasteiger partial charge on any atom is 0.319 e. The molecule has 1 aliphatic rings. The zero-order chi connectivity index (χ0) is 25.8. The first kappa shape index (κ1) is 24.7. The number of nitrogens with one attached hydrogen (secondary N) is 2. The highest BCUT2D eigenvalue weighted by Gasteiger charge is 2.38. The number of halogens is 2. The Kier molecular flexibility index (Phi) is 7.30. The van der Waals surface area contributed by atoms with E-state index in [4.69, 9.17) is 23.2 Å². The Morgan fingerprint density at radius 2 is 1.49 bits per heavy atom. The van der Waals surface area contributed by atoms with Gasteiger partial charge in [0.15, 0.2) is 0 Å². The maximum atomic E-state index is 13.8. The number of fused-ring (bicyclic) bond motifs is 1. The summed E-state index contributed by atoms with van der Waals surface area (Å²) < 4.78 is 0. The zero-order valence-electron chi connectivity index (χ0n) is 19.8. The molecule has 0 bridgehead atoms. The van der Waals surface area contributed by atoms with Gasteiger partial charge in [0.05, 0.1) is 27.8 Å². The van der Waals surface area contributed by atoms with Crippen LogP contribution in [0.4, 0.5) is 21.9 Å². The third-order valence-corrected chi connectivity index (χ3v) is 6.90. The number of urea groups is 1. The molecule has 1 aliphatic heterocycles. The van der Waals surface area contributed by atoms with Crippen molar-refractivity contribution in [3.8, 4) is 0 Å². The highest BCUT2D eigenvalue weighted by atomic mass is 35.5. The number of carbonyl (C=O) groups is 2. The van der Waals surface area contributed by atoms with Crippen LogP contribution in [0.1, 0.15) is 15.9 Å². The van der Waals surface area contributed by atoms with Crippen LogP contribution in [0.25, 0.3) is 0 Å². The number of nitrogens with zero attached hydrogens (tertiary/aromatic N) is 2. The van der Waals surface area contributed by atoms with Crippen LogP contribution < -0.4 is 15.5 Å². The lowest BCUT2D eigenvalue weighted by Crippen LogP contribution is -2.58. The molecule has 0 saturated heterocycles. The molecule has 6 nitrogen and oxygen atoms in total. The average molecular weight is 531 g/mol. The molecule has 0 fully saturated rings. The van der Waals surface area contributed by atoms with Crippen molar-refractivity contribution in [3.05, 3.63) is 124 Å². The number of anilines is 3. The number of hydrogen-bond acceptors (Lipinski definition) is 3. The van der Waals surface area contributed by atoms with Gasteiger partial charge in [-0.25, -0.2) is 4.79 Å². The maximum absolute atomic E-state index is 13.8. The van der Waals surface area contributed by atoms with E-state index in [9.17, 15) is 9.59 Å². The first-order valence-electron chi connectivity index (χ1n) is 11.8. The van der Waals surface area contributed by atoms with E-state index in [1.807, 2.05) is 91.0 Å². The molecule has 1 heterocycles. The highest BCUT2D eigenvalue weighted by Crippen LogP contribution is 2.37. The largest absolute Gasteiger partial charge is 0.334 e. The van der Waals surface area contributed by atoms with Gasteiger partial charge in [0.25, 0.3) is 5.91 Å². The van der Waals surface area contributed by atoms with E-state index in [1.165, 1.54) is 0 Å². The molecule has 8 heteroatoms. The van der Waals surface area contributed by atoms with Crippen molar-refractivity contribution in [1.29, 1.82) is 0 Å². The Bertz CT molecular complexity index is 1420. The molecule has 0 aromatic heterocycles. The monoisotopic (exact) mass is 530 g/mol. The lowest BCUT2D eigenvalue weighted by atomic mass is 10.0. The predicted molar refractivity (Wildman–Crippen MR) is 149 cm³/mol. The lowest BCUT2D eigenvalue weighted by molar-refractivity contribution is 0.0645. The van der Waals surface area contributed by atoms with E-state index in [0.717, 1.165) is 16.9 Å². The highest BCUT2D eigenvalue weighted by molar-refractivity contribution is 6.42. The third kappa shape index (κ3) is 5.40. The molecule has 0 spiro atoms. The van der Waals surface area contributed by atoms with Crippen LogP contribution in [0.15, 0.2) is 103 Å². The number of para-hydroxylation sites is 3. The van der Waals surface area contributed by atoms with Crippen molar-refractivity contribution in [2.45, 2.75) is 12.7 Å². The van der Waals surface area contributed by atoms with Crippen LogP contribution in [0.3, 0.4) is 0 Å². The van der Waals surface area contributed by atoms with Crippen LogP contribution in [0.2, 0.25) is 10.0 Å². The molecule has 5 rings (SSSR count). The average Bonchev–Trinajstić information content (AvgIpc) is 2.92. The van der Waals surface area contributed by atoms with Crippen molar-refractivity contribution in [3.63, 3.8) is 0 Å². The first-order chi connectivity index (χ1) is 18.0. The van der Waals surface area contributed by atoms with Gasteiger partial charge in [-0.15, -0.1) is 0 Å². The van der Waals surface area contributed by atoms with E-state index in [1.54, 1.807) is 17.0 Å². The van der Waals surface area contributed by atoms with Gasteiger partial charge < -0.3 is 20.4 Å². The molecule has 0 saturated carbocycles. The molecule has 2 N–H and O–H groups in total. The fourth-order valence-electron chi connectivity index (χ4n) is 4.45. The van der Waals surface area contributed by atoms with Crippen LogP contribution in [0.5, 0.6) is 0 Å². The molecule has 0 radical (unpaired) electrons. The number of amides is 3. The number of benzene rings is 4.